The van der Waals surface area contributed by atoms with Gasteiger partial charge in [0, 0.05) is 13.2 Å². The van der Waals surface area contributed by atoms with Crippen LogP contribution in [0.4, 0.5) is 0 Å². The van der Waals surface area contributed by atoms with E-state index >= 15 is 0 Å². The van der Waals surface area contributed by atoms with Crippen molar-refractivity contribution in [3.63, 3.8) is 0 Å². The molecular weight excluding hydrogens is 254 g/mol. The quantitative estimate of drug-likeness (QED) is 0.249. The van der Waals surface area contributed by atoms with Gasteiger partial charge in [-0.3, -0.25) is 0 Å². The minimum atomic E-state index is -0.177. The second kappa shape index (κ2) is 23.9. The van der Waals surface area contributed by atoms with Gasteiger partial charge in [-0.1, -0.05) is 32.1 Å². The molecule has 0 unspecified atom stereocenters. The molecule has 98 valence electrons. The Morgan fingerprint density at radius 1 is 0.500 bits per heavy atom. The van der Waals surface area contributed by atoms with Crippen molar-refractivity contribution in [2.75, 3.05) is 39.6 Å². The molecule has 0 aromatic carbocycles. The summed E-state index contributed by atoms with van der Waals surface area (Å²) in [6.07, 6.45) is 6.46. The minimum Gasteiger partial charge on any atom is -0.854 e. The van der Waals surface area contributed by atoms with E-state index in [1.54, 1.807) is 0 Å². The van der Waals surface area contributed by atoms with E-state index in [2.05, 4.69) is 0 Å². The Bertz CT molecular complexity index is 115. The molecule has 0 aliphatic rings. The average molecular weight is 278 g/mol. The third-order valence-corrected chi connectivity index (χ3v) is 2.28. The third kappa shape index (κ3) is 23.0. The van der Waals surface area contributed by atoms with Gasteiger partial charge >= 0.3 is 59.1 Å². The van der Waals surface area contributed by atoms with Crippen LogP contribution in [0.15, 0.2) is 0 Å². The van der Waals surface area contributed by atoms with E-state index in [-0.39, 0.29) is 78.9 Å². The molecule has 0 bridgehead atoms. The second-order valence-electron chi connectivity index (χ2n) is 3.75. The van der Waals surface area contributed by atoms with E-state index in [0.717, 1.165) is 32.3 Å². The van der Waals surface area contributed by atoms with Crippen molar-refractivity contribution in [2.24, 2.45) is 0 Å². The number of ether oxygens (including phenoxy) is 2. The second-order valence-corrected chi connectivity index (χ2v) is 3.75. The summed E-state index contributed by atoms with van der Waals surface area (Å²) in [5.41, 5.74) is 0. The van der Waals surface area contributed by atoms with Crippen LogP contribution in [0.2, 0.25) is 0 Å². The van der Waals surface area contributed by atoms with Crippen molar-refractivity contribution in [1.82, 2.24) is 0 Å². The molecule has 0 spiro atoms. The first-order valence-corrected chi connectivity index (χ1v) is 6.23. The molecule has 0 N–H and O–H groups in total. The first-order chi connectivity index (χ1) is 7.91. The maximum absolute atomic E-state index is 10.2. The van der Waals surface area contributed by atoms with Gasteiger partial charge in [0.05, 0.1) is 13.2 Å². The molecule has 0 rings (SSSR count). The maximum Gasteiger partial charge on any atom is 1.00 e. The smallest absolute Gasteiger partial charge is 0.854 e. The topological polar surface area (TPSA) is 64.6 Å². The van der Waals surface area contributed by atoms with Gasteiger partial charge in [-0.2, -0.15) is 0 Å². The first kappa shape index (κ1) is 24.8. The van der Waals surface area contributed by atoms with Crippen LogP contribution in [0.1, 0.15) is 38.5 Å². The number of hydrogen-bond acceptors (Lipinski definition) is 4. The molecule has 0 fully saturated rings. The molecule has 0 aromatic heterocycles. The van der Waals surface area contributed by atoms with Crippen LogP contribution in [0.25, 0.3) is 0 Å². The molecule has 0 saturated heterocycles. The zero-order valence-electron chi connectivity index (χ0n) is 12.1. The molecule has 0 aliphatic heterocycles. The maximum atomic E-state index is 10.2. The van der Waals surface area contributed by atoms with Gasteiger partial charge < -0.3 is 19.7 Å². The van der Waals surface area contributed by atoms with Crippen LogP contribution in [0.3, 0.4) is 0 Å². The monoisotopic (exact) mass is 278 g/mol. The minimum absolute atomic E-state index is 0. The summed E-state index contributed by atoms with van der Waals surface area (Å²) in [7, 11) is 0. The fourth-order valence-corrected chi connectivity index (χ4v) is 1.39. The molecule has 0 heterocycles. The summed E-state index contributed by atoms with van der Waals surface area (Å²) in [5.74, 6) is 0. The summed E-state index contributed by atoms with van der Waals surface area (Å²) in [6, 6.07) is 0. The zero-order chi connectivity index (χ0) is 11.9. The van der Waals surface area contributed by atoms with Crippen molar-refractivity contribution in [3.05, 3.63) is 0 Å². The summed E-state index contributed by atoms with van der Waals surface area (Å²) in [5, 5.41) is 20.2. The van der Waals surface area contributed by atoms with Gasteiger partial charge in [-0.15, -0.1) is 13.2 Å². The van der Waals surface area contributed by atoms with Crippen LogP contribution < -0.4 is 69.3 Å². The normalized spacial score (nSPS) is 9.67. The molecular formula is C12H24Na2O4. The molecule has 0 aromatic rings. The Balaban J connectivity index is -0.00000112. The average Bonchev–Trinajstić information content (AvgIpc) is 2.31. The Morgan fingerprint density at radius 2 is 1.00 bits per heavy atom. The van der Waals surface area contributed by atoms with Crippen molar-refractivity contribution in [3.8, 4) is 0 Å². The Kier molecular flexibility index (Phi) is 33.0. The van der Waals surface area contributed by atoms with Crippen molar-refractivity contribution >= 4 is 0 Å². The van der Waals surface area contributed by atoms with Crippen LogP contribution >= 0.6 is 0 Å². The van der Waals surface area contributed by atoms with E-state index in [0.29, 0.717) is 13.2 Å². The summed E-state index contributed by atoms with van der Waals surface area (Å²) in [4.78, 5) is 0. The number of hydrogen-bond donors (Lipinski definition) is 0. The van der Waals surface area contributed by atoms with Gasteiger partial charge in [-0.25, -0.2) is 0 Å². The van der Waals surface area contributed by atoms with Gasteiger partial charge in [0.15, 0.2) is 0 Å². The van der Waals surface area contributed by atoms with E-state index in [1.807, 2.05) is 0 Å². The predicted molar refractivity (Wildman–Crippen MR) is 59.1 cm³/mol. The van der Waals surface area contributed by atoms with Gasteiger partial charge in [-0.05, 0) is 6.42 Å². The summed E-state index contributed by atoms with van der Waals surface area (Å²) in [6.45, 7) is 2.03. The number of rotatable bonds is 13. The number of unbranched alkanes of at least 4 members (excludes halogenated alkanes) is 5. The van der Waals surface area contributed by atoms with Crippen LogP contribution in [0, 0.1) is 0 Å². The van der Waals surface area contributed by atoms with Gasteiger partial charge in [0.1, 0.15) is 0 Å². The zero-order valence-corrected chi connectivity index (χ0v) is 16.1. The van der Waals surface area contributed by atoms with Gasteiger partial charge in [0.25, 0.3) is 0 Å². The predicted octanol–water partition coefficient (Wildman–Crippen LogP) is -5.91. The van der Waals surface area contributed by atoms with E-state index in [1.165, 1.54) is 12.8 Å². The van der Waals surface area contributed by atoms with Crippen molar-refractivity contribution in [2.45, 2.75) is 38.5 Å². The van der Waals surface area contributed by atoms with E-state index < -0.39 is 0 Å². The van der Waals surface area contributed by atoms with Gasteiger partial charge in [0.2, 0.25) is 0 Å². The van der Waals surface area contributed by atoms with Crippen LogP contribution in [0.5, 0.6) is 0 Å². The molecule has 0 atom stereocenters. The Labute approximate surface area is 155 Å². The third-order valence-electron chi connectivity index (χ3n) is 2.28. The Hall–Kier alpha value is 1.84. The first-order valence-electron chi connectivity index (χ1n) is 6.23. The summed E-state index contributed by atoms with van der Waals surface area (Å²) < 4.78 is 10.3. The largest absolute Gasteiger partial charge is 1.00 e. The molecule has 0 radical (unpaired) electrons. The molecule has 0 aliphatic carbocycles. The van der Waals surface area contributed by atoms with E-state index in [4.69, 9.17) is 9.47 Å². The molecule has 6 heteroatoms. The van der Waals surface area contributed by atoms with Crippen molar-refractivity contribution < 1.29 is 78.8 Å². The van der Waals surface area contributed by atoms with E-state index in [9.17, 15) is 10.2 Å². The fourth-order valence-electron chi connectivity index (χ4n) is 1.39. The summed E-state index contributed by atoms with van der Waals surface area (Å²) >= 11 is 0. The van der Waals surface area contributed by atoms with Crippen molar-refractivity contribution in [1.29, 1.82) is 0 Å². The van der Waals surface area contributed by atoms with Crippen LogP contribution in [-0.2, 0) is 9.47 Å². The fraction of sp³-hybridized carbons (Fsp3) is 1.00. The van der Waals surface area contributed by atoms with Crippen LogP contribution in [-0.4, -0.2) is 39.6 Å². The SMILES string of the molecule is [Na+].[Na+].[O-]CCCCCCCCOCCOCC[O-]. The molecule has 18 heavy (non-hydrogen) atoms. The molecule has 4 nitrogen and oxygen atoms in total. The standard InChI is InChI=1S/C12H24O4.2Na/c13-7-5-3-1-2-4-6-9-15-11-12-16-10-8-14;;/h1-12H2;;/q-2;2*+1. The molecule has 0 amide bonds. The molecule has 0 saturated carbocycles. The Morgan fingerprint density at radius 3 is 1.56 bits per heavy atom.